The van der Waals surface area contributed by atoms with Crippen molar-refractivity contribution < 1.29 is 9.90 Å². The second-order valence-corrected chi connectivity index (χ2v) is 6.60. The van der Waals surface area contributed by atoms with Crippen LogP contribution in [-0.2, 0) is 11.2 Å². The Labute approximate surface area is 149 Å². The molecule has 3 nitrogen and oxygen atoms in total. The Hall–Kier alpha value is -2.42. The van der Waals surface area contributed by atoms with E-state index in [4.69, 9.17) is 0 Å². The van der Waals surface area contributed by atoms with E-state index in [1.807, 2.05) is 24.3 Å². The number of rotatable bonds is 5. The van der Waals surface area contributed by atoms with Crippen LogP contribution in [0.4, 0.5) is 0 Å². The third kappa shape index (κ3) is 3.98. The molecule has 0 radical (unpaired) electrons. The fourth-order valence-electron chi connectivity index (χ4n) is 3.40. The van der Waals surface area contributed by atoms with Crippen molar-refractivity contribution in [1.29, 1.82) is 0 Å². The van der Waals surface area contributed by atoms with E-state index in [0.29, 0.717) is 18.4 Å². The number of benzene rings is 2. The number of unbranched alkanes of at least 4 members (excludes halogenated alkanes) is 1. The molecule has 3 rings (SSSR count). The van der Waals surface area contributed by atoms with E-state index in [2.05, 4.69) is 30.1 Å². The quantitative estimate of drug-likeness (QED) is 0.464. The number of aliphatic hydroxyl groups excluding tert-OH is 1. The lowest BCUT2D eigenvalue weighted by atomic mass is 9.88. The highest BCUT2D eigenvalue weighted by Gasteiger charge is 2.25. The summed E-state index contributed by atoms with van der Waals surface area (Å²) in [4.78, 5) is 17.0. The molecule has 0 amide bonds. The summed E-state index contributed by atoms with van der Waals surface area (Å²) in [6.45, 7) is 2.85. The fourth-order valence-corrected chi connectivity index (χ4v) is 3.40. The van der Waals surface area contributed by atoms with E-state index < -0.39 is 0 Å². The average molecular weight is 335 g/mol. The third-order valence-electron chi connectivity index (χ3n) is 4.73. The predicted molar refractivity (Wildman–Crippen MR) is 103 cm³/mol. The van der Waals surface area contributed by atoms with E-state index in [9.17, 15) is 9.90 Å². The molecule has 0 unspecified atom stereocenters. The third-order valence-corrected chi connectivity index (χ3v) is 4.73. The molecular weight excluding hydrogens is 310 g/mol. The van der Waals surface area contributed by atoms with Crippen LogP contribution in [0.3, 0.4) is 0 Å². The maximum absolute atomic E-state index is 12.4. The van der Waals surface area contributed by atoms with Gasteiger partial charge in [-0.1, -0.05) is 55.8 Å². The molecule has 1 saturated carbocycles. The summed E-state index contributed by atoms with van der Waals surface area (Å²) in [7, 11) is 0. The molecule has 3 heteroatoms. The minimum absolute atomic E-state index is 0.0271. The van der Waals surface area contributed by atoms with Gasteiger partial charge in [-0.25, -0.2) is 0 Å². The summed E-state index contributed by atoms with van der Waals surface area (Å²) >= 11 is 0. The van der Waals surface area contributed by atoms with E-state index in [1.54, 1.807) is 0 Å². The standard InChI is InChI=1S/C22H25NO2/c1-2-3-14-23-19-12-7-13-20(24)22(19)21(25)15-17-10-6-9-16-8-4-5-11-18(16)17/h4-6,8-11,25H,2-3,7,12-15H2,1H3/b22-21+,23-19?. The van der Waals surface area contributed by atoms with E-state index in [1.165, 1.54) is 0 Å². The Morgan fingerprint density at radius 3 is 2.76 bits per heavy atom. The Balaban J connectivity index is 1.95. The van der Waals surface area contributed by atoms with Gasteiger partial charge in [-0.2, -0.15) is 0 Å². The number of fused-ring (bicyclic) bond motifs is 1. The number of hydrogen-bond acceptors (Lipinski definition) is 3. The average Bonchev–Trinajstić information content (AvgIpc) is 2.62. The van der Waals surface area contributed by atoms with Gasteiger partial charge in [0, 0.05) is 25.1 Å². The molecule has 1 N–H and O–H groups in total. The van der Waals surface area contributed by atoms with Gasteiger partial charge in [0.2, 0.25) is 0 Å². The van der Waals surface area contributed by atoms with Gasteiger partial charge < -0.3 is 5.11 Å². The van der Waals surface area contributed by atoms with Crippen LogP contribution >= 0.6 is 0 Å². The molecule has 2 aromatic carbocycles. The zero-order valence-electron chi connectivity index (χ0n) is 14.8. The maximum Gasteiger partial charge on any atom is 0.168 e. The SMILES string of the molecule is CCCCN=C1CCCC(=O)/C1=C(/O)Cc1cccc2ccccc12. The Morgan fingerprint density at radius 2 is 1.92 bits per heavy atom. The number of nitrogens with zero attached hydrogens (tertiary/aromatic N) is 1. The highest BCUT2D eigenvalue weighted by Crippen LogP contribution is 2.25. The number of hydrogen-bond donors (Lipinski definition) is 1. The number of allylic oxidation sites excluding steroid dienone is 2. The first-order valence-electron chi connectivity index (χ1n) is 9.16. The Morgan fingerprint density at radius 1 is 1.12 bits per heavy atom. The van der Waals surface area contributed by atoms with Gasteiger partial charge in [-0.05, 0) is 35.6 Å². The molecule has 0 spiro atoms. The summed E-state index contributed by atoms with van der Waals surface area (Å²) in [5.74, 6) is 0.190. The second-order valence-electron chi connectivity index (χ2n) is 6.60. The van der Waals surface area contributed by atoms with Gasteiger partial charge in [0.15, 0.2) is 5.78 Å². The predicted octanol–water partition coefficient (Wildman–Crippen LogP) is 5.19. The van der Waals surface area contributed by atoms with Crippen LogP contribution in [0.5, 0.6) is 0 Å². The number of carbonyl (C=O) groups excluding carboxylic acids is 1. The summed E-state index contributed by atoms with van der Waals surface area (Å²) in [6.07, 6.45) is 4.57. The van der Waals surface area contributed by atoms with Crippen molar-refractivity contribution in [3.8, 4) is 0 Å². The van der Waals surface area contributed by atoms with Crippen LogP contribution in [0.25, 0.3) is 10.8 Å². The van der Waals surface area contributed by atoms with Crippen molar-refractivity contribution in [2.24, 2.45) is 4.99 Å². The van der Waals surface area contributed by atoms with E-state index >= 15 is 0 Å². The Kier molecular flexibility index (Phi) is 5.64. The Bertz CT molecular complexity index is 828. The molecule has 2 aromatic rings. The van der Waals surface area contributed by atoms with E-state index in [0.717, 1.165) is 54.3 Å². The van der Waals surface area contributed by atoms with Crippen LogP contribution < -0.4 is 0 Å². The molecule has 0 heterocycles. The zero-order valence-corrected chi connectivity index (χ0v) is 14.8. The summed E-state index contributed by atoms with van der Waals surface area (Å²) in [5, 5.41) is 13.0. The molecule has 130 valence electrons. The number of ketones is 1. The van der Waals surface area contributed by atoms with Crippen molar-refractivity contribution >= 4 is 22.3 Å². The molecule has 0 aliphatic heterocycles. The van der Waals surface area contributed by atoms with Gasteiger partial charge in [-0.3, -0.25) is 9.79 Å². The van der Waals surface area contributed by atoms with Crippen LogP contribution in [0.15, 0.2) is 58.8 Å². The van der Waals surface area contributed by atoms with Crippen molar-refractivity contribution in [3.63, 3.8) is 0 Å². The largest absolute Gasteiger partial charge is 0.511 e. The van der Waals surface area contributed by atoms with Crippen molar-refractivity contribution in [2.45, 2.75) is 45.4 Å². The van der Waals surface area contributed by atoms with Gasteiger partial charge in [0.1, 0.15) is 5.76 Å². The molecule has 25 heavy (non-hydrogen) atoms. The monoisotopic (exact) mass is 335 g/mol. The highest BCUT2D eigenvalue weighted by molar-refractivity contribution is 6.24. The topological polar surface area (TPSA) is 49.7 Å². The van der Waals surface area contributed by atoms with Crippen LogP contribution in [0.2, 0.25) is 0 Å². The fraction of sp³-hybridized carbons (Fsp3) is 0.364. The number of aliphatic imine (C=N–C) groups is 1. The van der Waals surface area contributed by atoms with Gasteiger partial charge in [0.05, 0.1) is 5.57 Å². The minimum Gasteiger partial charge on any atom is -0.511 e. The minimum atomic E-state index is 0.0271. The van der Waals surface area contributed by atoms with Crippen molar-refractivity contribution in [3.05, 3.63) is 59.4 Å². The normalized spacial score (nSPS) is 18.8. The molecular formula is C22H25NO2. The lowest BCUT2D eigenvalue weighted by Gasteiger charge is -2.18. The lowest BCUT2D eigenvalue weighted by Crippen LogP contribution is -2.22. The van der Waals surface area contributed by atoms with Crippen LogP contribution in [-0.4, -0.2) is 23.1 Å². The summed E-state index contributed by atoms with van der Waals surface area (Å²) in [5.41, 5.74) is 2.30. The number of aliphatic hydroxyl groups is 1. The first-order valence-corrected chi connectivity index (χ1v) is 9.16. The molecule has 0 atom stereocenters. The first kappa shape index (κ1) is 17.4. The number of Topliss-reactive ketones (excluding diaryl/α,β-unsaturated/α-hetero) is 1. The molecule has 1 aliphatic rings. The lowest BCUT2D eigenvalue weighted by molar-refractivity contribution is -0.115. The molecule has 0 saturated heterocycles. The smallest absolute Gasteiger partial charge is 0.168 e. The first-order chi connectivity index (χ1) is 12.2. The number of carbonyl (C=O) groups is 1. The van der Waals surface area contributed by atoms with Gasteiger partial charge >= 0.3 is 0 Å². The summed E-state index contributed by atoms with van der Waals surface area (Å²) in [6, 6.07) is 14.2. The van der Waals surface area contributed by atoms with Crippen molar-refractivity contribution in [2.75, 3.05) is 6.54 Å². The van der Waals surface area contributed by atoms with Crippen LogP contribution in [0.1, 0.15) is 44.6 Å². The highest BCUT2D eigenvalue weighted by atomic mass is 16.3. The van der Waals surface area contributed by atoms with Crippen LogP contribution in [0, 0.1) is 0 Å². The molecule has 0 bridgehead atoms. The maximum atomic E-state index is 12.4. The molecule has 1 aliphatic carbocycles. The second kappa shape index (κ2) is 8.11. The van der Waals surface area contributed by atoms with E-state index in [-0.39, 0.29) is 11.5 Å². The zero-order chi connectivity index (χ0) is 17.6. The van der Waals surface area contributed by atoms with Gasteiger partial charge in [-0.15, -0.1) is 0 Å². The molecule has 1 fully saturated rings. The summed E-state index contributed by atoms with van der Waals surface area (Å²) < 4.78 is 0. The van der Waals surface area contributed by atoms with Gasteiger partial charge in [0.25, 0.3) is 0 Å². The van der Waals surface area contributed by atoms with Crippen molar-refractivity contribution in [1.82, 2.24) is 0 Å². The molecule has 0 aromatic heterocycles.